The Morgan fingerprint density at radius 2 is 2.00 bits per heavy atom. The molecule has 2 N–H and O–H groups in total. The van der Waals surface area contributed by atoms with Crippen LogP contribution < -0.4 is 5.73 Å². The number of nitrogens with two attached hydrogens (primary N) is 1. The van der Waals surface area contributed by atoms with Gasteiger partial charge in [-0.25, -0.2) is 0 Å². The summed E-state index contributed by atoms with van der Waals surface area (Å²) in [6, 6.07) is 0. The highest BCUT2D eigenvalue weighted by Crippen LogP contribution is 2.02. The summed E-state index contributed by atoms with van der Waals surface area (Å²) >= 11 is 0. The predicted molar refractivity (Wildman–Crippen MR) is 45.7 cm³/mol. The first-order valence-electron chi connectivity index (χ1n) is 4.16. The van der Waals surface area contributed by atoms with E-state index in [1.165, 1.54) is 26.4 Å². The van der Waals surface area contributed by atoms with Gasteiger partial charge in [-0.15, -0.1) is 0 Å². The summed E-state index contributed by atoms with van der Waals surface area (Å²) in [6.45, 7) is 1.97. The van der Waals surface area contributed by atoms with Gasteiger partial charge in [-0.2, -0.15) is 0 Å². The fraction of sp³-hybridized carbons (Fsp3) is 0.875. The Labute approximate surface area is 73.0 Å². The van der Waals surface area contributed by atoms with Crippen molar-refractivity contribution < 1.29 is 14.3 Å². The van der Waals surface area contributed by atoms with E-state index in [2.05, 4.69) is 4.74 Å². The SMILES string of the molecule is C1CCOCC1.COC(=O)CN. The molecule has 0 saturated carbocycles. The molecule has 0 bridgehead atoms. The third kappa shape index (κ3) is 7.50. The molecule has 12 heavy (non-hydrogen) atoms. The van der Waals surface area contributed by atoms with E-state index >= 15 is 0 Å². The fourth-order valence-corrected chi connectivity index (χ4v) is 0.770. The van der Waals surface area contributed by atoms with Crippen LogP contribution in [0.4, 0.5) is 0 Å². The Kier molecular flexibility index (Phi) is 8.05. The Morgan fingerprint density at radius 1 is 1.42 bits per heavy atom. The molecule has 1 heterocycles. The topological polar surface area (TPSA) is 61.5 Å². The van der Waals surface area contributed by atoms with Gasteiger partial charge in [0, 0.05) is 13.2 Å². The van der Waals surface area contributed by atoms with Crippen LogP contribution in [0.15, 0.2) is 0 Å². The van der Waals surface area contributed by atoms with Crippen molar-refractivity contribution in [3.63, 3.8) is 0 Å². The van der Waals surface area contributed by atoms with E-state index in [9.17, 15) is 4.79 Å². The number of methoxy groups -OCH3 is 1. The third-order valence-electron chi connectivity index (χ3n) is 1.47. The second-order valence-corrected chi connectivity index (χ2v) is 2.45. The number of ether oxygens (including phenoxy) is 2. The molecule has 0 spiro atoms. The van der Waals surface area contributed by atoms with Crippen LogP contribution in [0.3, 0.4) is 0 Å². The van der Waals surface area contributed by atoms with Gasteiger partial charge in [0.25, 0.3) is 0 Å². The minimum atomic E-state index is -0.380. The molecule has 0 aromatic rings. The number of hydrogen-bond acceptors (Lipinski definition) is 4. The molecule has 1 aliphatic heterocycles. The van der Waals surface area contributed by atoms with Crippen LogP contribution in [0, 0.1) is 0 Å². The molecule has 0 aliphatic carbocycles. The van der Waals surface area contributed by atoms with Gasteiger partial charge in [0.1, 0.15) is 0 Å². The Balaban J connectivity index is 0.000000202. The van der Waals surface area contributed by atoms with Crippen LogP contribution in [0.1, 0.15) is 19.3 Å². The van der Waals surface area contributed by atoms with E-state index in [1.807, 2.05) is 0 Å². The van der Waals surface area contributed by atoms with Crippen LogP contribution in [-0.2, 0) is 14.3 Å². The highest BCUT2D eigenvalue weighted by Gasteiger charge is 1.95. The van der Waals surface area contributed by atoms with Crippen molar-refractivity contribution in [3.8, 4) is 0 Å². The zero-order valence-corrected chi connectivity index (χ0v) is 7.54. The second-order valence-electron chi connectivity index (χ2n) is 2.45. The molecular formula is C8H17NO3. The van der Waals surface area contributed by atoms with Crippen molar-refractivity contribution in [2.24, 2.45) is 5.73 Å². The minimum absolute atomic E-state index is 0.0312. The maximum absolute atomic E-state index is 9.83. The van der Waals surface area contributed by atoms with Gasteiger partial charge in [-0.05, 0) is 19.3 Å². The smallest absolute Gasteiger partial charge is 0.319 e. The molecule has 72 valence electrons. The van der Waals surface area contributed by atoms with Crippen molar-refractivity contribution in [1.82, 2.24) is 0 Å². The monoisotopic (exact) mass is 175 g/mol. The first-order valence-corrected chi connectivity index (χ1v) is 4.16. The molecule has 0 aromatic heterocycles. The molecule has 1 aliphatic rings. The number of esters is 1. The number of hydrogen-bond donors (Lipinski definition) is 1. The lowest BCUT2D eigenvalue weighted by Crippen LogP contribution is -2.14. The van der Waals surface area contributed by atoms with E-state index in [0.29, 0.717) is 0 Å². The second kappa shape index (κ2) is 8.49. The van der Waals surface area contributed by atoms with Gasteiger partial charge in [-0.3, -0.25) is 4.79 Å². The normalized spacial score (nSPS) is 15.8. The standard InChI is InChI=1S/C5H10O.C3H7NO2/c1-2-4-6-5-3-1;1-6-3(5)2-4/h1-5H2;2,4H2,1H3. The molecule has 4 nitrogen and oxygen atoms in total. The van der Waals surface area contributed by atoms with Gasteiger partial charge in [0.05, 0.1) is 13.7 Å². The van der Waals surface area contributed by atoms with Crippen LogP contribution in [-0.4, -0.2) is 32.8 Å². The Morgan fingerprint density at radius 3 is 2.08 bits per heavy atom. The third-order valence-corrected chi connectivity index (χ3v) is 1.47. The lowest BCUT2D eigenvalue weighted by atomic mass is 10.2. The first kappa shape index (κ1) is 11.4. The van der Waals surface area contributed by atoms with Crippen molar-refractivity contribution in [2.75, 3.05) is 26.9 Å². The van der Waals surface area contributed by atoms with E-state index in [4.69, 9.17) is 10.5 Å². The molecule has 1 fully saturated rings. The van der Waals surface area contributed by atoms with Crippen molar-refractivity contribution in [1.29, 1.82) is 0 Å². The summed E-state index contributed by atoms with van der Waals surface area (Å²) in [6.07, 6.45) is 3.93. The van der Waals surface area contributed by atoms with Gasteiger partial charge < -0.3 is 15.2 Å². The van der Waals surface area contributed by atoms with Crippen molar-refractivity contribution in [3.05, 3.63) is 0 Å². The highest BCUT2D eigenvalue weighted by molar-refractivity contribution is 5.70. The number of carbonyl (C=O) groups excluding carboxylic acids is 1. The number of carbonyl (C=O) groups is 1. The zero-order chi connectivity index (χ0) is 9.23. The average Bonchev–Trinajstić information content (AvgIpc) is 2.20. The average molecular weight is 175 g/mol. The lowest BCUT2D eigenvalue weighted by Gasteiger charge is -2.08. The van der Waals surface area contributed by atoms with E-state index in [1.54, 1.807) is 0 Å². The molecule has 1 saturated heterocycles. The molecule has 0 atom stereocenters. The molecule has 0 radical (unpaired) electrons. The summed E-state index contributed by atoms with van der Waals surface area (Å²) in [5, 5.41) is 0. The van der Waals surface area contributed by atoms with Gasteiger partial charge in [-0.1, -0.05) is 0 Å². The van der Waals surface area contributed by atoms with Crippen LogP contribution in [0.2, 0.25) is 0 Å². The first-order chi connectivity index (χ1) is 5.81. The molecule has 1 rings (SSSR count). The van der Waals surface area contributed by atoms with Gasteiger partial charge >= 0.3 is 5.97 Å². The summed E-state index contributed by atoms with van der Waals surface area (Å²) < 4.78 is 9.20. The van der Waals surface area contributed by atoms with Crippen molar-refractivity contribution >= 4 is 5.97 Å². The van der Waals surface area contributed by atoms with E-state index < -0.39 is 0 Å². The summed E-state index contributed by atoms with van der Waals surface area (Å²) in [5.74, 6) is -0.380. The van der Waals surface area contributed by atoms with Crippen LogP contribution in [0.25, 0.3) is 0 Å². The number of rotatable bonds is 1. The largest absolute Gasteiger partial charge is 0.468 e. The molecule has 0 amide bonds. The summed E-state index contributed by atoms with van der Waals surface area (Å²) in [4.78, 5) is 9.83. The van der Waals surface area contributed by atoms with Crippen LogP contribution in [0.5, 0.6) is 0 Å². The van der Waals surface area contributed by atoms with Crippen molar-refractivity contribution in [2.45, 2.75) is 19.3 Å². The molecule has 0 aromatic carbocycles. The quantitative estimate of drug-likeness (QED) is 0.582. The molecule has 4 heteroatoms. The Hall–Kier alpha value is -0.610. The highest BCUT2D eigenvalue weighted by atomic mass is 16.5. The van der Waals surface area contributed by atoms with E-state index in [-0.39, 0.29) is 12.5 Å². The summed E-state index contributed by atoms with van der Waals surface area (Å²) in [5.41, 5.74) is 4.81. The van der Waals surface area contributed by atoms with Gasteiger partial charge in [0.15, 0.2) is 0 Å². The zero-order valence-electron chi connectivity index (χ0n) is 7.54. The maximum Gasteiger partial charge on any atom is 0.319 e. The van der Waals surface area contributed by atoms with Gasteiger partial charge in [0.2, 0.25) is 0 Å². The molecular weight excluding hydrogens is 158 g/mol. The maximum atomic E-state index is 9.83. The lowest BCUT2D eigenvalue weighted by molar-refractivity contribution is -0.138. The molecule has 0 unspecified atom stereocenters. The minimum Gasteiger partial charge on any atom is -0.468 e. The van der Waals surface area contributed by atoms with Crippen LogP contribution >= 0.6 is 0 Å². The van der Waals surface area contributed by atoms with E-state index in [0.717, 1.165) is 13.2 Å². The Bertz CT molecular complexity index is 95.4. The fourth-order valence-electron chi connectivity index (χ4n) is 0.770. The predicted octanol–water partition coefficient (Wildman–Crippen LogP) is 0.305. The summed E-state index contributed by atoms with van der Waals surface area (Å²) in [7, 11) is 1.30.